The van der Waals surface area contributed by atoms with Crippen molar-refractivity contribution < 1.29 is 4.39 Å². The molecule has 1 N–H and O–H groups in total. The van der Waals surface area contributed by atoms with Gasteiger partial charge in [-0.05, 0) is 24.3 Å². The minimum absolute atomic E-state index is 0.335. The van der Waals surface area contributed by atoms with Gasteiger partial charge in [-0.15, -0.1) is 11.3 Å². The third kappa shape index (κ3) is 3.30. The first-order chi connectivity index (χ1) is 8.69. The number of hydrogen-bond acceptors (Lipinski definition) is 3. The second kappa shape index (κ2) is 5.96. The Morgan fingerprint density at radius 1 is 1.28 bits per heavy atom. The van der Waals surface area contributed by atoms with Gasteiger partial charge in [0.2, 0.25) is 0 Å². The van der Waals surface area contributed by atoms with Crippen LogP contribution in [0.5, 0.6) is 0 Å². The molecule has 1 aromatic heterocycles. The second-order valence-electron chi connectivity index (χ2n) is 3.73. The molecule has 2 aromatic rings. The molecule has 1 aromatic carbocycles. The minimum Gasteiger partial charge on any atom is -0.308 e. The summed E-state index contributed by atoms with van der Waals surface area (Å²) in [6.45, 7) is 1.07. The second-order valence-corrected chi connectivity index (χ2v) is 5.53. The molecule has 1 heterocycles. The van der Waals surface area contributed by atoms with Crippen molar-refractivity contribution in [2.75, 3.05) is 0 Å². The Balaban J connectivity index is 1.92. The van der Waals surface area contributed by atoms with Gasteiger partial charge in [0, 0.05) is 23.5 Å². The first kappa shape index (κ1) is 13.0. The smallest absolute Gasteiger partial charge is 0.129 e. The van der Waals surface area contributed by atoms with Crippen molar-refractivity contribution in [1.29, 1.82) is 5.26 Å². The SMILES string of the molecule is N#Cc1ccc(CNCc2ccc(Cl)s2)c(F)c1. The number of rotatable bonds is 4. The molecule has 0 spiro atoms. The Bertz CT molecular complexity index is 589. The third-order valence-electron chi connectivity index (χ3n) is 2.43. The van der Waals surface area contributed by atoms with Gasteiger partial charge in [0.15, 0.2) is 0 Å². The monoisotopic (exact) mass is 280 g/mol. The van der Waals surface area contributed by atoms with Gasteiger partial charge in [-0.1, -0.05) is 17.7 Å². The molecule has 0 radical (unpaired) electrons. The first-order valence-electron chi connectivity index (χ1n) is 5.32. The standard InChI is InChI=1S/C13H10ClFN2S/c14-13-4-3-11(18-13)8-17-7-10-2-1-9(6-16)5-12(10)15/h1-5,17H,7-8H2. The Morgan fingerprint density at radius 3 is 2.72 bits per heavy atom. The summed E-state index contributed by atoms with van der Waals surface area (Å²) in [5.74, 6) is -0.356. The van der Waals surface area contributed by atoms with E-state index in [4.69, 9.17) is 16.9 Å². The van der Waals surface area contributed by atoms with E-state index in [2.05, 4.69) is 5.32 Å². The number of nitriles is 1. The van der Waals surface area contributed by atoms with E-state index in [0.29, 0.717) is 24.2 Å². The van der Waals surface area contributed by atoms with E-state index in [0.717, 1.165) is 9.21 Å². The van der Waals surface area contributed by atoms with Crippen molar-refractivity contribution >= 4 is 22.9 Å². The van der Waals surface area contributed by atoms with Gasteiger partial charge >= 0.3 is 0 Å². The molecule has 0 aliphatic rings. The van der Waals surface area contributed by atoms with Gasteiger partial charge in [-0.3, -0.25) is 0 Å². The zero-order chi connectivity index (χ0) is 13.0. The molecule has 2 nitrogen and oxygen atoms in total. The molecule has 0 aliphatic carbocycles. The van der Waals surface area contributed by atoms with Crippen molar-refractivity contribution in [1.82, 2.24) is 5.32 Å². The maximum atomic E-state index is 13.6. The van der Waals surface area contributed by atoms with Crippen LogP contribution in [0, 0.1) is 17.1 Å². The molecule has 0 saturated carbocycles. The molecule has 92 valence electrons. The predicted octanol–water partition coefficient (Wildman–Crippen LogP) is 3.70. The number of nitrogens with zero attached hydrogens (tertiary/aromatic N) is 1. The number of halogens is 2. The Kier molecular flexibility index (Phi) is 4.32. The van der Waals surface area contributed by atoms with Crippen LogP contribution >= 0.6 is 22.9 Å². The van der Waals surface area contributed by atoms with Crippen molar-refractivity contribution in [2.24, 2.45) is 0 Å². The topological polar surface area (TPSA) is 35.8 Å². The van der Waals surface area contributed by atoms with Gasteiger partial charge < -0.3 is 5.32 Å². The zero-order valence-corrected chi connectivity index (χ0v) is 11.0. The summed E-state index contributed by atoms with van der Waals surface area (Å²) in [7, 11) is 0. The molecule has 18 heavy (non-hydrogen) atoms. The van der Waals surface area contributed by atoms with E-state index in [-0.39, 0.29) is 5.82 Å². The molecule has 0 unspecified atom stereocenters. The fourth-order valence-corrected chi connectivity index (χ4v) is 2.58. The largest absolute Gasteiger partial charge is 0.308 e. The van der Waals surface area contributed by atoms with Crippen LogP contribution in [0.1, 0.15) is 16.0 Å². The third-order valence-corrected chi connectivity index (χ3v) is 3.66. The van der Waals surface area contributed by atoms with Crippen LogP contribution in [-0.2, 0) is 13.1 Å². The highest BCUT2D eigenvalue weighted by Gasteiger charge is 2.04. The minimum atomic E-state index is -0.356. The van der Waals surface area contributed by atoms with E-state index >= 15 is 0 Å². The van der Waals surface area contributed by atoms with E-state index in [1.165, 1.54) is 17.4 Å². The molecular weight excluding hydrogens is 271 g/mol. The summed E-state index contributed by atoms with van der Waals surface area (Å²) >= 11 is 7.31. The van der Waals surface area contributed by atoms with E-state index in [1.54, 1.807) is 12.1 Å². The fraction of sp³-hybridized carbons (Fsp3) is 0.154. The fourth-order valence-electron chi connectivity index (χ4n) is 1.53. The van der Waals surface area contributed by atoms with E-state index < -0.39 is 0 Å². The van der Waals surface area contributed by atoms with Crippen LogP contribution < -0.4 is 5.32 Å². The van der Waals surface area contributed by atoms with Crippen molar-refractivity contribution in [3.63, 3.8) is 0 Å². The number of nitrogens with one attached hydrogen (secondary N) is 1. The molecule has 0 saturated heterocycles. The molecule has 0 fully saturated rings. The predicted molar refractivity (Wildman–Crippen MR) is 71.0 cm³/mol. The lowest BCUT2D eigenvalue weighted by atomic mass is 10.1. The van der Waals surface area contributed by atoms with Crippen LogP contribution in [-0.4, -0.2) is 0 Å². The summed E-state index contributed by atoms with van der Waals surface area (Å²) < 4.78 is 14.3. The summed E-state index contributed by atoms with van der Waals surface area (Å²) in [5.41, 5.74) is 0.887. The van der Waals surface area contributed by atoms with Gasteiger partial charge in [-0.25, -0.2) is 4.39 Å². The first-order valence-corrected chi connectivity index (χ1v) is 6.52. The van der Waals surface area contributed by atoms with E-state index in [9.17, 15) is 4.39 Å². The highest BCUT2D eigenvalue weighted by molar-refractivity contribution is 7.16. The van der Waals surface area contributed by atoms with Gasteiger partial charge in [0.1, 0.15) is 5.82 Å². The van der Waals surface area contributed by atoms with Crippen LogP contribution in [0.4, 0.5) is 4.39 Å². The van der Waals surface area contributed by atoms with Gasteiger partial charge in [0.25, 0.3) is 0 Å². The highest BCUT2D eigenvalue weighted by Crippen LogP contribution is 2.21. The lowest BCUT2D eigenvalue weighted by Crippen LogP contribution is -2.12. The van der Waals surface area contributed by atoms with Crippen LogP contribution in [0.15, 0.2) is 30.3 Å². The van der Waals surface area contributed by atoms with Crippen LogP contribution in [0.3, 0.4) is 0 Å². The van der Waals surface area contributed by atoms with Crippen LogP contribution in [0.25, 0.3) is 0 Å². The normalized spacial score (nSPS) is 10.3. The molecular formula is C13H10ClFN2S. The number of hydrogen-bond donors (Lipinski definition) is 1. The van der Waals surface area contributed by atoms with Crippen molar-refractivity contribution in [2.45, 2.75) is 13.1 Å². The van der Waals surface area contributed by atoms with E-state index in [1.807, 2.05) is 18.2 Å². The quantitative estimate of drug-likeness (QED) is 0.927. The lowest BCUT2D eigenvalue weighted by molar-refractivity contribution is 0.588. The van der Waals surface area contributed by atoms with Crippen molar-refractivity contribution in [3.05, 3.63) is 56.5 Å². The Hall–Kier alpha value is -1.41. The lowest BCUT2D eigenvalue weighted by Gasteiger charge is -2.05. The van der Waals surface area contributed by atoms with Gasteiger partial charge in [-0.2, -0.15) is 5.26 Å². The molecule has 0 bridgehead atoms. The molecule has 0 amide bonds. The van der Waals surface area contributed by atoms with Crippen molar-refractivity contribution in [3.8, 4) is 6.07 Å². The maximum absolute atomic E-state index is 13.6. The summed E-state index contributed by atoms with van der Waals surface area (Å²) in [4.78, 5) is 1.11. The average molecular weight is 281 g/mol. The maximum Gasteiger partial charge on any atom is 0.129 e. The summed E-state index contributed by atoms with van der Waals surface area (Å²) in [6.07, 6.45) is 0. The number of benzene rings is 1. The number of thiophene rings is 1. The highest BCUT2D eigenvalue weighted by atomic mass is 35.5. The Morgan fingerprint density at radius 2 is 2.11 bits per heavy atom. The molecule has 0 atom stereocenters. The van der Waals surface area contributed by atoms with Crippen LogP contribution in [0.2, 0.25) is 4.34 Å². The van der Waals surface area contributed by atoms with Gasteiger partial charge in [0.05, 0.1) is 16.0 Å². The molecule has 0 aliphatic heterocycles. The molecule has 5 heteroatoms. The average Bonchev–Trinajstić information content (AvgIpc) is 2.77. The summed E-state index contributed by atoms with van der Waals surface area (Å²) in [6, 6.07) is 10.2. The zero-order valence-electron chi connectivity index (χ0n) is 9.41. The Labute approximate surface area is 114 Å². The summed E-state index contributed by atoms with van der Waals surface area (Å²) in [5, 5.41) is 11.8. The molecule has 2 rings (SSSR count).